The van der Waals surface area contributed by atoms with E-state index < -0.39 is 0 Å². The van der Waals surface area contributed by atoms with Crippen molar-refractivity contribution in [2.45, 2.75) is 13.5 Å². The molecule has 0 atom stereocenters. The fourth-order valence-electron chi connectivity index (χ4n) is 1.76. The number of aryl methyl sites for hydroxylation is 1. The van der Waals surface area contributed by atoms with E-state index in [1.165, 1.54) is 0 Å². The molecule has 0 aliphatic rings. The number of nitrogens with two attached hydrogens (primary N) is 1. The molecule has 1 heterocycles. The molecule has 0 radical (unpaired) electrons. The van der Waals surface area contributed by atoms with Gasteiger partial charge in [0.05, 0.1) is 5.56 Å². The van der Waals surface area contributed by atoms with Gasteiger partial charge in [-0.05, 0) is 36.8 Å². The highest BCUT2D eigenvalue weighted by Gasteiger charge is 2.07. The lowest BCUT2D eigenvalue weighted by Crippen LogP contribution is -2.05. The van der Waals surface area contributed by atoms with Crippen molar-refractivity contribution < 1.29 is 5.11 Å². The van der Waals surface area contributed by atoms with E-state index in [0.717, 1.165) is 5.56 Å². The number of benzene rings is 1. The zero-order valence-electron chi connectivity index (χ0n) is 10.5. The van der Waals surface area contributed by atoms with Gasteiger partial charge >= 0.3 is 0 Å². The second kappa shape index (κ2) is 5.27. The van der Waals surface area contributed by atoms with Crippen LogP contribution in [0, 0.1) is 18.3 Å². The summed E-state index contributed by atoms with van der Waals surface area (Å²) >= 11 is 0. The van der Waals surface area contributed by atoms with Crippen LogP contribution in [0.15, 0.2) is 30.5 Å². The lowest BCUT2D eigenvalue weighted by molar-refractivity contribution is 0.469. The normalized spacial score (nSPS) is 9.89. The van der Waals surface area contributed by atoms with E-state index in [1.807, 2.05) is 6.92 Å². The molecular formula is C14H14N4O. The summed E-state index contributed by atoms with van der Waals surface area (Å²) in [7, 11) is 0. The molecule has 96 valence electrons. The van der Waals surface area contributed by atoms with Gasteiger partial charge in [-0.15, -0.1) is 0 Å². The van der Waals surface area contributed by atoms with Gasteiger partial charge in [-0.25, -0.2) is 4.98 Å². The second-order valence-electron chi connectivity index (χ2n) is 4.20. The van der Waals surface area contributed by atoms with Crippen LogP contribution >= 0.6 is 0 Å². The van der Waals surface area contributed by atoms with Gasteiger partial charge in [-0.2, -0.15) is 5.26 Å². The molecule has 0 spiro atoms. The molecule has 0 saturated heterocycles. The molecule has 0 fully saturated rings. The van der Waals surface area contributed by atoms with E-state index >= 15 is 0 Å². The topological polar surface area (TPSA) is 95.0 Å². The molecule has 0 bridgehead atoms. The Morgan fingerprint density at radius 3 is 2.95 bits per heavy atom. The third kappa shape index (κ3) is 2.75. The first-order valence-corrected chi connectivity index (χ1v) is 5.78. The summed E-state index contributed by atoms with van der Waals surface area (Å²) in [5, 5.41) is 21.8. The summed E-state index contributed by atoms with van der Waals surface area (Å²) in [5.41, 5.74) is 8.27. The molecule has 0 aliphatic carbocycles. The number of phenolic OH excluding ortho intramolecular Hbond substituents is 1. The van der Waals surface area contributed by atoms with Crippen LogP contribution in [0.4, 0.5) is 11.5 Å². The molecular weight excluding hydrogens is 240 g/mol. The number of nitrogens with zero attached hydrogens (tertiary/aromatic N) is 2. The summed E-state index contributed by atoms with van der Waals surface area (Å²) in [5.74, 6) is 0.664. The molecule has 0 saturated carbocycles. The average Bonchev–Trinajstić information content (AvgIpc) is 2.40. The number of hydrogen-bond donors (Lipinski definition) is 3. The molecule has 2 aromatic rings. The minimum Gasteiger partial charge on any atom is -0.508 e. The summed E-state index contributed by atoms with van der Waals surface area (Å²) in [6.07, 6.45) is 1.64. The number of hydrogen-bond acceptors (Lipinski definition) is 5. The Labute approximate surface area is 111 Å². The van der Waals surface area contributed by atoms with Crippen molar-refractivity contribution >= 4 is 11.5 Å². The van der Waals surface area contributed by atoms with E-state index in [0.29, 0.717) is 29.2 Å². The summed E-state index contributed by atoms with van der Waals surface area (Å²) in [4.78, 5) is 4.13. The number of nitriles is 1. The summed E-state index contributed by atoms with van der Waals surface area (Å²) in [6.45, 7) is 2.20. The molecule has 0 amide bonds. The lowest BCUT2D eigenvalue weighted by Gasteiger charge is -2.10. The van der Waals surface area contributed by atoms with Crippen LogP contribution < -0.4 is 11.1 Å². The van der Waals surface area contributed by atoms with Gasteiger partial charge in [0.2, 0.25) is 0 Å². The fraction of sp³-hybridized carbons (Fsp3) is 0.143. The van der Waals surface area contributed by atoms with E-state index in [1.54, 1.807) is 30.5 Å². The summed E-state index contributed by atoms with van der Waals surface area (Å²) < 4.78 is 0. The maximum Gasteiger partial charge on any atom is 0.144 e. The van der Waals surface area contributed by atoms with Gasteiger partial charge in [0, 0.05) is 24.0 Å². The molecule has 5 nitrogen and oxygen atoms in total. The van der Waals surface area contributed by atoms with Crippen molar-refractivity contribution in [1.82, 2.24) is 4.98 Å². The van der Waals surface area contributed by atoms with Crippen molar-refractivity contribution in [1.29, 1.82) is 5.26 Å². The lowest BCUT2D eigenvalue weighted by atomic mass is 10.1. The van der Waals surface area contributed by atoms with Crippen molar-refractivity contribution in [3.05, 3.63) is 47.2 Å². The maximum absolute atomic E-state index is 9.71. The van der Waals surface area contributed by atoms with E-state index in [2.05, 4.69) is 16.4 Å². The largest absolute Gasteiger partial charge is 0.508 e. The molecule has 2 rings (SSSR count). The van der Waals surface area contributed by atoms with E-state index in [4.69, 9.17) is 11.0 Å². The predicted octanol–water partition coefficient (Wildman–Crippen LogP) is 2.16. The average molecular weight is 254 g/mol. The van der Waals surface area contributed by atoms with Gasteiger partial charge in [0.25, 0.3) is 0 Å². The van der Waals surface area contributed by atoms with Gasteiger partial charge in [-0.1, -0.05) is 0 Å². The first kappa shape index (κ1) is 12.7. The van der Waals surface area contributed by atoms with Crippen LogP contribution in [0.1, 0.15) is 16.7 Å². The number of aromatic hydroxyl groups is 1. The molecule has 0 unspecified atom stereocenters. The Hall–Kier alpha value is -2.74. The minimum absolute atomic E-state index is 0.160. The number of rotatable bonds is 3. The van der Waals surface area contributed by atoms with Crippen LogP contribution in [0.2, 0.25) is 0 Å². The highest BCUT2D eigenvalue weighted by Crippen LogP contribution is 2.22. The maximum atomic E-state index is 9.71. The van der Waals surface area contributed by atoms with Gasteiger partial charge in [-0.3, -0.25) is 0 Å². The number of pyridine rings is 1. The quantitative estimate of drug-likeness (QED) is 0.576. The first-order valence-electron chi connectivity index (χ1n) is 5.78. The van der Waals surface area contributed by atoms with Crippen LogP contribution in [0.3, 0.4) is 0 Å². The standard InChI is InChI=1S/C14H14N4O/c1-9-4-5-17-14(12(9)7-15)18-8-10-6-11(16)2-3-13(10)19/h2-6,19H,8,16H2,1H3,(H,17,18). The number of nitrogens with one attached hydrogen (secondary N) is 1. The third-order valence-corrected chi connectivity index (χ3v) is 2.82. The number of aromatic nitrogens is 1. The molecule has 1 aromatic heterocycles. The second-order valence-corrected chi connectivity index (χ2v) is 4.20. The van der Waals surface area contributed by atoms with Gasteiger partial charge in [0.1, 0.15) is 17.6 Å². The van der Waals surface area contributed by atoms with Crippen LogP contribution in [-0.2, 0) is 6.54 Å². The molecule has 19 heavy (non-hydrogen) atoms. The van der Waals surface area contributed by atoms with Crippen LogP contribution in [0.25, 0.3) is 0 Å². The Balaban J connectivity index is 2.22. The smallest absolute Gasteiger partial charge is 0.144 e. The first-order chi connectivity index (χ1) is 9.11. The zero-order chi connectivity index (χ0) is 13.8. The SMILES string of the molecule is Cc1ccnc(NCc2cc(N)ccc2O)c1C#N. The Morgan fingerprint density at radius 2 is 2.21 bits per heavy atom. The Kier molecular flexibility index (Phi) is 3.53. The Bertz CT molecular complexity index is 646. The van der Waals surface area contributed by atoms with Crippen LogP contribution in [0.5, 0.6) is 5.75 Å². The van der Waals surface area contributed by atoms with Gasteiger partial charge in [0.15, 0.2) is 0 Å². The zero-order valence-corrected chi connectivity index (χ0v) is 10.5. The summed E-state index contributed by atoms with van der Waals surface area (Å²) in [6, 6.07) is 8.75. The number of phenols is 1. The molecule has 4 N–H and O–H groups in total. The van der Waals surface area contributed by atoms with Crippen molar-refractivity contribution in [2.24, 2.45) is 0 Å². The third-order valence-electron chi connectivity index (χ3n) is 2.82. The van der Waals surface area contributed by atoms with E-state index in [9.17, 15) is 5.11 Å². The monoisotopic (exact) mass is 254 g/mol. The van der Waals surface area contributed by atoms with Crippen molar-refractivity contribution in [3.63, 3.8) is 0 Å². The molecule has 1 aromatic carbocycles. The highest BCUT2D eigenvalue weighted by atomic mass is 16.3. The number of nitrogen functional groups attached to an aromatic ring is 1. The fourth-order valence-corrected chi connectivity index (χ4v) is 1.76. The number of anilines is 2. The molecule has 5 heteroatoms. The minimum atomic E-state index is 0.160. The Morgan fingerprint density at radius 1 is 1.42 bits per heavy atom. The molecule has 0 aliphatic heterocycles. The van der Waals surface area contributed by atoms with Gasteiger partial charge < -0.3 is 16.2 Å². The highest BCUT2D eigenvalue weighted by molar-refractivity contribution is 5.56. The predicted molar refractivity (Wildman–Crippen MR) is 73.5 cm³/mol. The van der Waals surface area contributed by atoms with Crippen LogP contribution in [-0.4, -0.2) is 10.1 Å². The van der Waals surface area contributed by atoms with E-state index in [-0.39, 0.29) is 5.75 Å². The van der Waals surface area contributed by atoms with Crippen molar-refractivity contribution in [3.8, 4) is 11.8 Å². The van der Waals surface area contributed by atoms with Crippen molar-refractivity contribution in [2.75, 3.05) is 11.1 Å².